The molecule has 8 nitrogen and oxygen atoms in total. The van der Waals surface area contributed by atoms with Gasteiger partial charge in [-0.15, -0.1) is 0 Å². The van der Waals surface area contributed by atoms with Crippen LogP contribution in [0.1, 0.15) is 19.8 Å². The van der Waals surface area contributed by atoms with E-state index in [0.717, 1.165) is 5.01 Å². The molecule has 0 spiro atoms. The molecule has 1 N–H and O–H groups in total. The normalized spacial score (nSPS) is 14.6. The Morgan fingerprint density at radius 3 is 2.45 bits per heavy atom. The summed E-state index contributed by atoms with van der Waals surface area (Å²) in [5.41, 5.74) is 0.495. The van der Waals surface area contributed by atoms with Crippen LogP contribution in [0, 0.1) is 0 Å². The van der Waals surface area contributed by atoms with E-state index >= 15 is 0 Å². The summed E-state index contributed by atoms with van der Waals surface area (Å²) in [5.74, 6) is -2.10. The van der Waals surface area contributed by atoms with Crippen LogP contribution in [-0.4, -0.2) is 36.2 Å². The number of carbonyl (C=O) groups excluding carboxylic acids is 3. The van der Waals surface area contributed by atoms with Crippen molar-refractivity contribution in [3.63, 3.8) is 0 Å². The third-order valence-electron chi connectivity index (χ3n) is 4.28. The number of esters is 1. The first-order valence-corrected chi connectivity index (χ1v) is 9.36. The van der Waals surface area contributed by atoms with Gasteiger partial charge in [-0.2, -0.15) is 13.9 Å². The van der Waals surface area contributed by atoms with E-state index in [1.165, 1.54) is 31.2 Å². The molecule has 1 aliphatic heterocycles. The van der Waals surface area contributed by atoms with Crippen molar-refractivity contribution in [1.29, 1.82) is 0 Å². The minimum absolute atomic E-state index is 0.00607. The molecule has 162 valence electrons. The van der Waals surface area contributed by atoms with E-state index in [9.17, 15) is 23.2 Å². The molecule has 1 aliphatic rings. The molecule has 0 saturated heterocycles. The maximum atomic E-state index is 12.5. The summed E-state index contributed by atoms with van der Waals surface area (Å²) in [4.78, 5) is 37.0. The zero-order valence-corrected chi connectivity index (χ0v) is 16.5. The monoisotopic (exact) mass is 431 g/mol. The molecule has 1 atom stereocenters. The summed E-state index contributed by atoms with van der Waals surface area (Å²) in [7, 11) is 0. The number of para-hydroxylation sites is 3. The second-order valence-electron chi connectivity index (χ2n) is 6.50. The third-order valence-corrected chi connectivity index (χ3v) is 4.28. The molecule has 0 aromatic heterocycles. The molecule has 0 radical (unpaired) electrons. The molecule has 2 aromatic carbocycles. The van der Waals surface area contributed by atoms with Crippen LogP contribution in [0.3, 0.4) is 0 Å². The number of ether oxygens (including phenoxy) is 2. The van der Waals surface area contributed by atoms with Crippen molar-refractivity contribution in [2.24, 2.45) is 5.10 Å². The zero-order valence-electron chi connectivity index (χ0n) is 16.5. The molecule has 1 heterocycles. The van der Waals surface area contributed by atoms with Gasteiger partial charge in [0.2, 0.25) is 5.91 Å². The number of rotatable bonds is 7. The summed E-state index contributed by atoms with van der Waals surface area (Å²) in [6.45, 7) is -1.74. The molecule has 0 bridgehead atoms. The zero-order chi connectivity index (χ0) is 22.4. The minimum Gasteiger partial charge on any atom is -0.448 e. The Morgan fingerprint density at radius 2 is 1.74 bits per heavy atom. The number of hydrogen-bond donors (Lipinski definition) is 1. The predicted molar refractivity (Wildman–Crippen MR) is 108 cm³/mol. The number of halogens is 2. The van der Waals surface area contributed by atoms with Crippen molar-refractivity contribution in [2.45, 2.75) is 32.5 Å². The number of amides is 2. The lowest BCUT2D eigenvalue weighted by Crippen LogP contribution is -2.37. The molecule has 2 amide bonds. The van der Waals surface area contributed by atoms with Gasteiger partial charge < -0.3 is 14.8 Å². The highest BCUT2D eigenvalue weighted by Gasteiger charge is 2.29. The van der Waals surface area contributed by atoms with E-state index in [2.05, 4.69) is 15.2 Å². The summed E-state index contributed by atoms with van der Waals surface area (Å²) in [5, 5.41) is 7.57. The number of nitrogens with zero attached hydrogens (tertiary/aromatic N) is 2. The van der Waals surface area contributed by atoms with Crippen molar-refractivity contribution in [1.82, 2.24) is 0 Å². The fraction of sp³-hybridized carbons (Fsp3) is 0.238. The first kappa shape index (κ1) is 21.9. The van der Waals surface area contributed by atoms with Gasteiger partial charge in [-0.1, -0.05) is 30.3 Å². The fourth-order valence-electron chi connectivity index (χ4n) is 2.76. The number of hydrogen-bond acceptors (Lipinski definition) is 6. The second kappa shape index (κ2) is 9.79. The SMILES string of the molecule is C[C@H](OC(=O)C1=NN(c2ccccc2)C(=O)CC1)C(=O)Nc1ccccc1OC(F)F. The lowest BCUT2D eigenvalue weighted by Gasteiger charge is -2.23. The van der Waals surface area contributed by atoms with Gasteiger partial charge in [0.1, 0.15) is 11.5 Å². The predicted octanol–water partition coefficient (Wildman–Crippen LogP) is 3.34. The molecule has 10 heteroatoms. The fourth-order valence-corrected chi connectivity index (χ4v) is 2.76. The van der Waals surface area contributed by atoms with Gasteiger partial charge in [0.05, 0.1) is 11.4 Å². The smallest absolute Gasteiger partial charge is 0.387 e. The quantitative estimate of drug-likeness (QED) is 0.679. The average Bonchev–Trinajstić information content (AvgIpc) is 2.75. The number of carbonyl (C=O) groups is 3. The second-order valence-corrected chi connectivity index (χ2v) is 6.50. The Kier molecular flexibility index (Phi) is 6.91. The van der Waals surface area contributed by atoms with Crippen LogP contribution in [0.4, 0.5) is 20.2 Å². The third kappa shape index (κ3) is 5.62. The van der Waals surface area contributed by atoms with Gasteiger partial charge in [-0.3, -0.25) is 9.59 Å². The Hall–Kier alpha value is -3.82. The molecule has 3 rings (SSSR count). The maximum absolute atomic E-state index is 12.5. The first-order valence-electron chi connectivity index (χ1n) is 9.36. The van der Waals surface area contributed by atoms with Gasteiger partial charge in [-0.05, 0) is 31.2 Å². The standard InChI is InChI=1S/C21H19F2N3O5/c1-13(19(28)24-15-9-5-6-10-17(15)31-21(22)23)30-20(29)16-11-12-18(27)26(25-16)14-7-3-2-4-8-14/h2-10,13,21H,11-12H2,1H3,(H,24,28)/t13-/m0/s1. The van der Waals surface area contributed by atoms with Crippen molar-refractivity contribution in [2.75, 3.05) is 10.3 Å². The Morgan fingerprint density at radius 1 is 1.06 bits per heavy atom. The number of benzene rings is 2. The molecule has 0 unspecified atom stereocenters. The van der Waals surface area contributed by atoms with Gasteiger partial charge in [0.25, 0.3) is 5.91 Å². The summed E-state index contributed by atoms with van der Waals surface area (Å²) in [6.07, 6.45) is -1.13. The maximum Gasteiger partial charge on any atom is 0.387 e. The van der Waals surface area contributed by atoms with Crippen LogP contribution < -0.4 is 15.1 Å². The molecule has 2 aromatic rings. The van der Waals surface area contributed by atoms with Gasteiger partial charge in [0, 0.05) is 12.8 Å². The summed E-state index contributed by atoms with van der Waals surface area (Å²) < 4.78 is 34.5. The molecule has 0 aliphatic carbocycles. The van der Waals surface area contributed by atoms with Crippen molar-refractivity contribution < 1.29 is 32.6 Å². The van der Waals surface area contributed by atoms with Gasteiger partial charge >= 0.3 is 12.6 Å². The lowest BCUT2D eigenvalue weighted by atomic mass is 10.1. The molecule has 0 saturated carbocycles. The molecular weight excluding hydrogens is 412 g/mol. The number of anilines is 2. The van der Waals surface area contributed by atoms with Crippen LogP contribution in [-0.2, 0) is 19.1 Å². The molecule has 0 fully saturated rings. The van der Waals surface area contributed by atoms with Gasteiger partial charge in [-0.25, -0.2) is 9.80 Å². The number of hydrazone groups is 1. The molecule has 31 heavy (non-hydrogen) atoms. The minimum atomic E-state index is -3.06. The Labute approximate surface area is 176 Å². The Bertz CT molecular complexity index is 998. The number of alkyl halides is 2. The topological polar surface area (TPSA) is 97.3 Å². The average molecular weight is 431 g/mol. The van der Waals surface area contributed by atoms with Crippen LogP contribution in [0.25, 0.3) is 0 Å². The van der Waals surface area contributed by atoms with Crippen LogP contribution in [0.2, 0.25) is 0 Å². The van der Waals surface area contributed by atoms with Crippen molar-refractivity contribution in [3.8, 4) is 5.75 Å². The van der Waals surface area contributed by atoms with Crippen LogP contribution in [0.5, 0.6) is 5.75 Å². The lowest BCUT2D eigenvalue weighted by molar-refractivity contribution is -0.146. The van der Waals surface area contributed by atoms with Gasteiger partial charge in [0.15, 0.2) is 6.10 Å². The van der Waals surface area contributed by atoms with E-state index in [4.69, 9.17) is 4.74 Å². The highest BCUT2D eigenvalue weighted by molar-refractivity contribution is 6.38. The van der Waals surface area contributed by atoms with Crippen LogP contribution in [0.15, 0.2) is 59.7 Å². The number of nitrogens with one attached hydrogen (secondary N) is 1. The van der Waals surface area contributed by atoms with Crippen LogP contribution >= 0.6 is 0 Å². The van der Waals surface area contributed by atoms with E-state index in [-0.39, 0.29) is 35.9 Å². The summed E-state index contributed by atoms with van der Waals surface area (Å²) >= 11 is 0. The highest BCUT2D eigenvalue weighted by Crippen LogP contribution is 2.26. The largest absolute Gasteiger partial charge is 0.448 e. The van der Waals surface area contributed by atoms with E-state index in [0.29, 0.717) is 5.69 Å². The van der Waals surface area contributed by atoms with Crippen molar-refractivity contribution >= 4 is 34.9 Å². The van der Waals surface area contributed by atoms with E-state index in [1.807, 2.05) is 0 Å². The first-order chi connectivity index (χ1) is 14.8. The Balaban J connectivity index is 1.66. The highest BCUT2D eigenvalue weighted by atomic mass is 19.3. The summed E-state index contributed by atoms with van der Waals surface area (Å²) in [6, 6.07) is 14.2. The van der Waals surface area contributed by atoms with E-state index in [1.54, 1.807) is 30.3 Å². The molecular formula is C21H19F2N3O5. The van der Waals surface area contributed by atoms with Crippen molar-refractivity contribution in [3.05, 3.63) is 54.6 Å². The van der Waals surface area contributed by atoms with E-state index < -0.39 is 24.6 Å².